The second-order valence-corrected chi connectivity index (χ2v) is 22.9. The van der Waals surface area contributed by atoms with Gasteiger partial charge in [0.1, 0.15) is 24.4 Å². The Morgan fingerprint density at radius 1 is 0.446 bits per heavy atom. The molecule has 0 saturated carbocycles. The molecule has 9 heteroatoms. The summed E-state index contributed by atoms with van der Waals surface area (Å²) in [5.41, 5.74) is 0. The molecular formula is C65H125NO8. The molecule has 6 N–H and O–H groups in total. The van der Waals surface area contributed by atoms with Gasteiger partial charge in [0.25, 0.3) is 0 Å². The molecule has 0 aromatic carbocycles. The van der Waals surface area contributed by atoms with E-state index in [2.05, 4.69) is 31.3 Å². The minimum absolute atomic E-state index is 0.181. The van der Waals surface area contributed by atoms with Crippen molar-refractivity contribution in [3.05, 3.63) is 24.3 Å². The summed E-state index contributed by atoms with van der Waals surface area (Å²) in [5.74, 6) is -0.181. The zero-order valence-corrected chi connectivity index (χ0v) is 48.9. The second kappa shape index (κ2) is 55.0. The van der Waals surface area contributed by atoms with Gasteiger partial charge in [0.05, 0.1) is 25.4 Å². The molecule has 1 aliphatic rings. The number of rotatable bonds is 57. The van der Waals surface area contributed by atoms with Crippen LogP contribution in [0.2, 0.25) is 0 Å². The van der Waals surface area contributed by atoms with Crippen molar-refractivity contribution in [3.63, 3.8) is 0 Å². The number of hydrogen-bond donors (Lipinski definition) is 6. The minimum Gasteiger partial charge on any atom is -0.394 e. The molecule has 7 atom stereocenters. The van der Waals surface area contributed by atoms with E-state index in [1.807, 2.05) is 6.08 Å². The van der Waals surface area contributed by atoms with Crippen molar-refractivity contribution < 1.29 is 39.8 Å². The molecule has 1 aliphatic heterocycles. The van der Waals surface area contributed by atoms with Gasteiger partial charge in [-0.2, -0.15) is 0 Å². The number of amides is 1. The maximum absolute atomic E-state index is 13.0. The molecular weight excluding hydrogens is 923 g/mol. The van der Waals surface area contributed by atoms with Crippen LogP contribution in [0.4, 0.5) is 0 Å². The summed E-state index contributed by atoms with van der Waals surface area (Å²) in [6.45, 7) is 3.77. The molecule has 0 aromatic rings. The van der Waals surface area contributed by atoms with Gasteiger partial charge in [0, 0.05) is 6.42 Å². The van der Waals surface area contributed by atoms with Crippen LogP contribution >= 0.6 is 0 Å². The highest BCUT2D eigenvalue weighted by molar-refractivity contribution is 5.76. The number of ether oxygens (including phenoxy) is 2. The summed E-state index contributed by atoms with van der Waals surface area (Å²) in [4.78, 5) is 13.0. The Kier molecular flexibility index (Phi) is 52.5. The number of carbonyl (C=O) groups excluding carboxylic acids is 1. The first-order valence-electron chi connectivity index (χ1n) is 32.6. The molecule has 1 saturated heterocycles. The largest absolute Gasteiger partial charge is 0.394 e. The molecule has 1 heterocycles. The van der Waals surface area contributed by atoms with Gasteiger partial charge < -0.3 is 40.3 Å². The van der Waals surface area contributed by atoms with E-state index in [-0.39, 0.29) is 12.5 Å². The second-order valence-electron chi connectivity index (χ2n) is 22.9. The van der Waals surface area contributed by atoms with E-state index in [4.69, 9.17) is 9.47 Å². The van der Waals surface area contributed by atoms with E-state index in [1.54, 1.807) is 6.08 Å². The Labute approximate surface area is 458 Å². The fourth-order valence-electron chi connectivity index (χ4n) is 10.6. The maximum atomic E-state index is 13.0. The molecule has 9 nitrogen and oxygen atoms in total. The predicted molar refractivity (Wildman–Crippen MR) is 314 cm³/mol. The first kappa shape index (κ1) is 70.7. The molecule has 438 valence electrons. The van der Waals surface area contributed by atoms with E-state index in [9.17, 15) is 30.3 Å². The molecule has 0 aliphatic carbocycles. The number of aliphatic hydroxyl groups excluding tert-OH is 5. The number of aliphatic hydroxyl groups is 5. The van der Waals surface area contributed by atoms with Crippen LogP contribution < -0.4 is 5.32 Å². The van der Waals surface area contributed by atoms with Gasteiger partial charge in [0.15, 0.2) is 6.29 Å². The highest BCUT2D eigenvalue weighted by atomic mass is 16.7. The number of carbonyl (C=O) groups is 1. The van der Waals surface area contributed by atoms with Gasteiger partial charge in [-0.25, -0.2) is 0 Å². The number of unbranched alkanes of at least 4 members (excludes halogenated alkanes) is 45. The van der Waals surface area contributed by atoms with Crippen LogP contribution in [-0.2, 0) is 14.3 Å². The molecule has 74 heavy (non-hydrogen) atoms. The van der Waals surface area contributed by atoms with E-state index >= 15 is 0 Å². The lowest BCUT2D eigenvalue weighted by molar-refractivity contribution is -0.302. The zero-order valence-electron chi connectivity index (χ0n) is 48.9. The smallest absolute Gasteiger partial charge is 0.220 e. The van der Waals surface area contributed by atoms with Gasteiger partial charge in [-0.15, -0.1) is 0 Å². The molecule has 0 radical (unpaired) electrons. The number of nitrogens with one attached hydrogen (secondary N) is 1. The Morgan fingerprint density at radius 2 is 0.770 bits per heavy atom. The summed E-state index contributed by atoms with van der Waals surface area (Å²) >= 11 is 0. The van der Waals surface area contributed by atoms with Crippen molar-refractivity contribution in [1.29, 1.82) is 0 Å². The number of hydrogen-bond acceptors (Lipinski definition) is 8. The quantitative estimate of drug-likeness (QED) is 0.0261. The van der Waals surface area contributed by atoms with Crippen molar-refractivity contribution in [1.82, 2.24) is 5.32 Å². The van der Waals surface area contributed by atoms with Gasteiger partial charge in [-0.3, -0.25) is 4.79 Å². The summed E-state index contributed by atoms with van der Waals surface area (Å²) in [5, 5.41) is 54.4. The Morgan fingerprint density at radius 3 is 1.14 bits per heavy atom. The molecule has 7 unspecified atom stereocenters. The molecule has 0 aromatic heterocycles. The van der Waals surface area contributed by atoms with Crippen molar-refractivity contribution in [2.45, 2.75) is 371 Å². The predicted octanol–water partition coefficient (Wildman–Crippen LogP) is 16.9. The van der Waals surface area contributed by atoms with Crippen LogP contribution in [-0.4, -0.2) is 87.5 Å². The first-order chi connectivity index (χ1) is 36.3. The monoisotopic (exact) mass is 1050 g/mol. The lowest BCUT2D eigenvalue weighted by atomic mass is 9.99. The summed E-state index contributed by atoms with van der Waals surface area (Å²) in [6.07, 6.45) is 64.6. The molecule has 0 bridgehead atoms. The van der Waals surface area contributed by atoms with Crippen molar-refractivity contribution in [3.8, 4) is 0 Å². The van der Waals surface area contributed by atoms with Crippen LogP contribution in [0.25, 0.3) is 0 Å². The third kappa shape index (κ3) is 43.6. The van der Waals surface area contributed by atoms with Crippen LogP contribution in [0.15, 0.2) is 24.3 Å². The molecule has 0 spiro atoms. The highest BCUT2D eigenvalue weighted by Gasteiger charge is 2.44. The lowest BCUT2D eigenvalue weighted by Gasteiger charge is -2.40. The van der Waals surface area contributed by atoms with E-state index in [1.165, 1.54) is 270 Å². The van der Waals surface area contributed by atoms with Gasteiger partial charge >= 0.3 is 0 Å². The molecule has 1 rings (SSSR count). The third-order valence-electron chi connectivity index (χ3n) is 15.8. The average Bonchev–Trinajstić information content (AvgIpc) is 3.40. The van der Waals surface area contributed by atoms with Crippen molar-refractivity contribution in [2.24, 2.45) is 0 Å². The summed E-state index contributed by atoms with van der Waals surface area (Å²) in [7, 11) is 0. The summed E-state index contributed by atoms with van der Waals surface area (Å²) < 4.78 is 11.2. The van der Waals surface area contributed by atoms with Crippen LogP contribution in [0.5, 0.6) is 0 Å². The number of allylic oxidation sites excluding steroid dienone is 3. The zero-order chi connectivity index (χ0) is 53.6. The van der Waals surface area contributed by atoms with E-state index in [0.29, 0.717) is 6.42 Å². The van der Waals surface area contributed by atoms with Crippen LogP contribution in [0, 0.1) is 0 Å². The van der Waals surface area contributed by atoms with Crippen molar-refractivity contribution in [2.75, 3.05) is 13.2 Å². The lowest BCUT2D eigenvalue weighted by Crippen LogP contribution is -2.60. The SMILES string of the molecule is CCCCCCCC/C=C/CC/C=C/C(O)C(COC1OC(CO)C(O)C(O)C1O)NC(=O)CCCCCCCCCCCCCCCCCCCCCCCCCCCCCCCCCCCCCCCCC. The van der Waals surface area contributed by atoms with Gasteiger partial charge in [-0.05, 0) is 32.1 Å². The normalized spacial score (nSPS) is 19.0. The first-order valence-corrected chi connectivity index (χ1v) is 32.6. The molecule has 1 amide bonds. The topological polar surface area (TPSA) is 149 Å². The van der Waals surface area contributed by atoms with Gasteiger partial charge in [-0.1, -0.05) is 314 Å². The summed E-state index contributed by atoms with van der Waals surface area (Å²) in [6, 6.07) is -0.818. The third-order valence-corrected chi connectivity index (χ3v) is 15.8. The Balaban J connectivity index is 2.00. The van der Waals surface area contributed by atoms with E-state index in [0.717, 1.165) is 38.5 Å². The Bertz CT molecular complexity index is 1210. The van der Waals surface area contributed by atoms with Gasteiger partial charge in [0.2, 0.25) is 5.91 Å². The van der Waals surface area contributed by atoms with Crippen LogP contribution in [0.1, 0.15) is 328 Å². The fourth-order valence-corrected chi connectivity index (χ4v) is 10.6. The minimum atomic E-state index is -1.57. The van der Waals surface area contributed by atoms with Crippen LogP contribution in [0.3, 0.4) is 0 Å². The standard InChI is InChI=1S/C65H125NO8/c1-3-5-7-9-11-13-15-17-18-19-20-21-22-23-24-25-26-27-28-29-30-31-32-33-34-35-36-37-38-39-40-41-42-43-45-47-49-51-53-55-61(69)66-58(57-73-65-64(72)63(71)62(70)60(56-67)74-65)59(68)54-52-50-48-46-44-16-14-12-10-8-6-4-2/h44,46,52,54,58-60,62-65,67-68,70-72H,3-43,45,47-51,53,55-57H2,1-2H3,(H,66,69)/b46-44+,54-52+. The molecule has 1 fully saturated rings. The highest BCUT2D eigenvalue weighted by Crippen LogP contribution is 2.23. The Hall–Kier alpha value is -1.33. The average molecular weight is 1050 g/mol. The van der Waals surface area contributed by atoms with E-state index < -0.39 is 49.5 Å². The maximum Gasteiger partial charge on any atom is 0.220 e. The van der Waals surface area contributed by atoms with Crippen molar-refractivity contribution >= 4 is 5.91 Å². The fraction of sp³-hybridized carbons (Fsp3) is 0.923.